The zero-order valence-corrected chi connectivity index (χ0v) is 14.2. The van der Waals surface area contributed by atoms with E-state index in [1.807, 2.05) is 13.8 Å². The third-order valence-electron chi connectivity index (χ3n) is 3.10. The van der Waals surface area contributed by atoms with E-state index < -0.39 is 16.0 Å². The van der Waals surface area contributed by atoms with Gasteiger partial charge >= 0.3 is 5.97 Å². The summed E-state index contributed by atoms with van der Waals surface area (Å²) in [6.45, 7) is 7.35. The maximum absolute atomic E-state index is 12.1. The lowest BCUT2D eigenvalue weighted by Crippen LogP contribution is -2.21. The summed E-state index contributed by atoms with van der Waals surface area (Å²) in [5.74, 6) is -0.390. The van der Waals surface area contributed by atoms with Crippen LogP contribution in [0.5, 0.6) is 0 Å². The molecule has 1 aromatic carbocycles. The van der Waals surface area contributed by atoms with Crippen molar-refractivity contribution in [2.24, 2.45) is 11.1 Å². The Hall–Kier alpha value is -0.920. The molecule has 0 fully saturated rings. The number of hydrogen-bond acceptors (Lipinski definition) is 4. The molecule has 0 aromatic heterocycles. The molecule has 0 bridgehead atoms. The second-order valence-electron chi connectivity index (χ2n) is 4.98. The van der Waals surface area contributed by atoms with Gasteiger partial charge in [0.2, 0.25) is 10.0 Å². The van der Waals surface area contributed by atoms with Crippen molar-refractivity contribution in [2.45, 2.75) is 38.7 Å². The first kappa shape index (κ1) is 17.1. The van der Waals surface area contributed by atoms with E-state index in [1.54, 1.807) is 13.8 Å². The lowest BCUT2D eigenvalue weighted by atomic mass is 10.1. The second kappa shape index (κ2) is 6.24. The van der Waals surface area contributed by atoms with Crippen molar-refractivity contribution in [3.63, 3.8) is 0 Å². The van der Waals surface area contributed by atoms with Crippen LogP contribution in [0.1, 0.15) is 36.7 Å². The zero-order valence-electron chi connectivity index (χ0n) is 11.8. The van der Waals surface area contributed by atoms with Gasteiger partial charge in [0.15, 0.2) is 0 Å². The Morgan fingerprint density at radius 3 is 2.30 bits per heavy atom. The first-order chi connectivity index (χ1) is 9.04. The summed E-state index contributed by atoms with van der Waals surface area (Å²) < 4.78 is 28.6. The molecule has 0 saturated carbocycles. The van der Waals surface area contributed by atoms with Crippen molar-refractivity contribution in [2.75, 3.05) is 0 Å². The fraction of sp³-hybridized carbons (Fsp3) is 0.462. The van der Waals surface area contributed by atoms with Crippen LogP contribution < -0.4 is 5.14 Å². The molecule has 1 atom stereocenters. The van der Waals surface area contributed by atoms with Gasteiger partial charge in [-0.1, -0.05) is 29.8 Å². The Balaban J connectivity index is 3.24. The summed E-state index contributed by atoms with van der Waals surface area (Å²) in [5.41, 5.74) is 0.800. The molecule has 1 unspecified atom stereocenters. The minimum absolute atomic E-state index is 0.126. The number of carbonyl (C=O) groups is 1. The number of nitrogens with two attached hydrogens (primary N) is 1. The highest BCUT2D eigenvalue weighted by molar-refractivity contribution is 9.10. The maximum atomic E-state index is 12.1. The lowest BCUT2D eigenvalue weighted by Gasteiger charge is -2.18. The Bertz CT molecular complexity index is 626. The van der Waals surface area contributed by atoms with Crippen LogP contribution in [0.3, 0.4) is 0 Å². The van der Waals surface area contributed by atoms with Crippen molar-refractivity contribution in [1.29, 1.82) is 0 Å². The van der Waals surface area contributed by atoms with Gasteiger partial charge in [0.05, 0.1) is 10.5 Å². The summed E-state index contributed by atoms with van der Waals surface area (Å²) in [4.78, 5) is 12.0. The molecule has 2 N–H and O–H groups in total. The Morgan fingerprint density at radius 1 is 1.30 bits per heavy atom. The minimum atomic E-state index is -3.88. The summed E-state index contributed by atoms with van der Waals surface area (Å²) in [7, 11) is -3.88. The fourth-order valence-corrected chi connectivity index (χ4v) is 2.57. The molecule has 0 radical (unpaired) electrons. The molecule has 0 spiro atoms. The Kier molecular flexibility index (Phi) is 5.34. The summed E-state index contributed by atoms with van der Waals surface area (Å²) in [6, 6.07) is 2.61. The van der Waals surface area contributed by atoms with E-state index in [0.29, 0.717) is 10.0 Å². The highest BCUT2D eigenvalue weighted by atomic mass is 79.9. The van der Waals surface area contributed by atoms with Gasteiger partial charge in [-0.3, -0.25) is 0 Å². The van der Waals surface area contributed by atoms with Gasteiger partial charge in [-0.15, -0.1) is 0 Å². The molecule has 0 aliphatic carbocycles. The Morgan fingerprint density at radius 2 is 1.85 bits per heavy atom. The normalized spacial score (nSPS) is 13.3. The van der Waals surface area contributed by atoms with E-state index in [0.717, 1.165) is 0 Å². The van der Waals surface area contributed by atoms with Crippen LogP contribution in [-0.4, -0.2) is 20.5 Å². The number of halogens is 1. The highest BCUT2D eigenvalue weighted by Gasteiger charge is 2.21. The number of ether oxygens (including phenoxy) is 1. The molecule has 0 aliphatic heterocycles. The molecule has 20 heavy (non-hydrogen) atoms. The molecule has 0 amide bonds. The predicted octanol–water partition coefficient (Wildman–Crippen LogP) is 2.61. The number of sulfonamides is 1. The molecule has 0 aliphatic rings. The van der Waals surface area contributed by atoms with E-state index in [2.05, 4.69) is 15.9 Å². The molecular formula is C13H18BrNO4S. The summed E-state index contributed by atoms with van der Waals surface area (Å²) in [5, 5.41) is 5.09. The van der Waals surface area contributed by atoms with Gasteiger partial charge in [0.25, 0.3) is 0 Å². The van der Waals surface area contributed by atoms with E-state index in [-0.39, 0.29) is 22.5 Å². The fourth-order valence-electron chi connectivity index (χ4n) is 1.40. The van der Waals surface area contributed by atoms with E-state index >= 15 is 0 Å². The third-order valence-corrected chi connectivity index (χ3v) is 4.81. The minimum Gasteiger partial charge on any atom is -0.459 e. The van der Waals surface area contributed by atoms with Crippen molar-refractivity contribution < 1.29 is 17.9 Å². The van der Waals surface area contributed by atoms with Crippen LogP contribution >= 0.6 is 15.9 Å². The van der Waals surface area contributed by atoms with Crippen molar-refractivity contribution in [1.82, 2.24) is 0 Å². The SMILES string of the molecule is Cc1c(Br)cc(S(N)(=O)=O)cc1C(=O)OC(C)C(C)C. The van der Waals surface area contributed by atoms with Crippen LogP contribution in [-0.2, 0) is 14.8 Å². The number of esters is 1. The van der Waals surface area contributed by atoms with Gasteiger partial charge in [-0.2, -0.15) is 0 Å². The van der Waals surface area contributed by atoms with E-state index in [1.165, 1.54) is 12.1 Å². The molecule has 5 nitrogen and oxygen atoms in total. The van der Waals surface area contributed by atoms with Gasteiger partial charge in [0, 0.05) is 4.47 Å². The molecule has 1 aromatic rings. The van der Waals surface area contributed by atoms with Gasteiger partial charge in [0.1, 0.15) is 6.10 Å². The first-order valence-corrected chi connectivity index (χ1v) is 8.42. The largest absolute Gasteiger partial charge is 0.459 e. The van der Waals surface area contributed by atoms with Crippen LogP contribution in [0.25, 0.3) is 0 Å². The molecular weight excluding hydrogens is 346 g/mol. The predicted molar refractivity (Wildman–Crippen MR) is 80.0 cm³/mol. The maximum Gasteiger partial charge on any atom is 0.338 e. The number of benzene rings is 1. The highest BCUT2D eigenvalue weighted by Crippen LogP contribution is 2.25. The van der Waals surface area contributed by atoms with Gasteiger partial charge in [-0.25, -0.2) is 18.4 Å². The van der Waals surface area contributed by atoms with Crippen LogP contribution in [0.2, 0.25) is 0 Å². The molecule has 0 heterocycles. The monoisotopic (exact) mass is 363 g/mol. The van der Waals surface area contributed by atoms with Crippen LogP contribution in [0.15, 0.2) is 21.5 Å². The standard InChI is InChI=1S/C13H18BrNO4S/c1-7(2)9(4)19-13(16)11-5-10(20(15,17)18)6-12(14)8(11)3/h5-7,9H,1-4H3,(H2,15,17,18). The topological polar surface area (TPSA) is 86.5 Å². The number of rotatable bonds is 4. The summed E-state index contributed by atoms with van der Waals surface area (Å²) >= 11 is 3.23. The Labute approximate surface area is 127 Å². The van der Waals surface area contributed by atoms with Crippen molar-refractivity contribution >= 4 is 31.9 Å². The quantitative estimate of drug-likeness (QED) is 0.832. The smallest absolute Gasteiger partial charge is 0.338 e. The first-order valence-electron chi connectivity index (χ1n) is 6.08. The summed E-state index contributed by atoms with van der Waals surface area (Å²) in [6.07, 6.45) is -0.265. The van der Waals surface area contributed by atoms with Crippen molar-refractivity contribution in [3.8, 4) is 0 Å². The van der Waals surface area contributed by atoms with E-state index in [9.17, 15) is 13.2 Å². The lowest BCUT2D eigenvalue weighted by molar-refractivity contribution is 0.0237. The molecule has 1 rings (SSSR count). The van der Waals surface area contributed by atoms with Gasteiger partial charge < -0.3 is 4.74 Å². The average molecular weight is 364 g/mol. The van der Waals surface area contributed by atoms with Crippen LogP contribution in [0, 0.1) is 12.8 Å². The molecule has 0 saturated heterocycles. The van der Waals surface area contributed by atoms with Crippen molar-refractivity contribution in [3.05, 3.63) is 27.7 Å². The van der Waals surface area contributed by atoms with Crippen LogP contribution in [0.4, 0.5) is 0 Å². The number of carbonyl (C=O) groups excluding carboxylic acids is 1. The second-order valence-corrected chi connectivity index (χ2v) is 7.39. The van der Waals surface area contributed by atoms with E-state index in [4.69, 9.17) is 9.88 Å². The number of primary sulfonamides is 1. The molecule has 112 valence electrons. The number of hydrogen-bond donors (Lipinski definition) is 1. The van der Waals surface area contributed by atoms with Gasteiger partial charge in [-0.05, 0) is 37.5 Å². The third kappa shape index (κ3) is 4.04. The average Bonchev–Trinajstić information content (AvgIpc) is 2.30. The zero-order chi connectivity index (χ0) is 15.7. The molecule has 7 heteroatoms.